The number of rotatable bonds is 2. The molecule has 0 radical (unpaired) electrons. The summed E-state index contributed by atoms with van der Waals surface area (Å²) >= 11 is -0.165. The van der Waals surface area contributed by atoms with E-state index >= 15 is 0 Å². The Labute approximate surface area is 108 Å². The number of carbonyl (C=O) groups excluding carboxylic acids is 1. The van der Waals surface area contributed by atoms with Gasteiger partial charge in [-0.2, -0.15) is 13.2 Å². The first-order valence-corrected chi connectivity index (χ1v) is 6.66. The van der Waals surface area contributed by atoms with Gasteiger partial charge < -0.3 is 0 Å². The summed E-state index contributed by atoms with van der Waals surface area (Å²) in [6.07, 6.45) is 1.18. The van der Waals surface area contributed by atoms with Crippen molar-refractivity contribution in [3.63, 3.8) is 0 Å². The molecular formula is C13H13F3OS. The van der Waals surface area contributed by atoms with Gasteiger partial charge in [-0.25, -0.2) is 0 Å². The third-order valence-corrected chi connectivity index (χ3v) is 4.15. The van der Waals surface area contributed by atoms with Crippen molar-refractivity contribution in [2.75, 3.05) is 0 Å². The summed E-state index contributed by atoms with van der Waals surface area (Å²) in [7, 11) is 0. The second kappa shape index (κ2) is 5.34. The summed E-state index contributed by atoms with van der Waals surface area (Å²) in [5.74, 6) is -0.215. The molecule has 1 nitrogen and oxygen atoms in total. The number of thioether (sulfide) groups is 1. The Bertz CT molecular complexity index is 416. The molecule has 1 fully saturated rings. The standard InChI is InChI=1S/C13H13F3OS/c14-13(15,16)18-12-8-10(6-7-11(12)17)9-4-2-1-3-5-9/h1-5,10,12H,6-8H2/t10-,12+/m1/s1. The first-order chi connectivity index (χ1) is 8.46. The van der Waals surface area contributed by atoms with Gasteiger partial charge in [-0.05, 0) is 36.1 Å². The van der Waals surface area contributed by atoms with E-state index in [4.69, 9.17) is 0 Å². The molecule has 0 unspecified atom stereocenters. The number of Topliss-reactive ketones (excluding diaryl/α,β-unsaturated/α-hetero) is 1. The highest BCUT2D eigenvalue weighted by molar-refractivity contribution is 8.01. The van der Waals surface area contributed by atoms with Gasteiger partial charge in [0.15, 0.2) is 0 Å². The molecule has 0 aromatic heterocycles. The van der Waals surface area contributed by atoms with Crippen molar-refractivity contribution >= 4 is 17.5 Å². The first kappa shape index (κ1) is 13.5. The van der Waals surface area contributed by atoms with Crippen molar-refractivity contribution in [2.24, 2.45) is 0 Å². The van der Waals surface area contributed by atoms with Crippen molar-refractivity contribution in [1.82, 2.24) is 0 Å². The summed E-state index contributed by atoms with van der Waals surface area (Å²) in [4.78, 5) is 11.5. The van der Waals surface area contributed by atoms with Crippen molar-refractivity contribution in [2.45, 2.75) is 35.9 Å². The molecule has 0 heterocycles. The predicted molar refractivity (Wildman–Crippen MR) is 65.5 cm³/mol. The second-order valence-electron chi connectivity index (χ2n) is 4.40. The molecule has 0 spiro atoms. The Morgan fingerprint density at radius 3 is 2.44 bits per heavy atom. The maximum atomic E-state index is 12.4. The molecule has 0 aliphatic heterocycles. The highest BCUT2D eigenvalue weighted by Crippen LogP contribution is 2.42. The molecule has 0 bridgehead atoms. The van der Waals surface area contributed by atoms with E-state index in [1.165, 1.54) is 0 Å². The lowest BCUT2D eigenvalue weighted by Gasteiger charge is -2.28. The van der Waals surface area contributed by atoms with E-state index in [1.807, 2.05) is 30.3 Å². The molecule has 1 aromatic rings. The Kier molecular flexibility index (Phi) is 4.00. The topological polar surface area (TPSA) is 17.1 Å². The third-order valence-electron chi connectivity index (χ3n) is 3.14. The van der Waals surface area contributed by atoms with E-state index in [0.717, 1.165) is 5.56 Å². The van der Waals surface area contributed by atoms with Gasteiger partial charge in [-0.15, -0.1) is 0 Å². The Morgan fingerprint density at radius 2 is 1.83 bits per heavy atom. The molecule has 1 saturated carbocycles. The summed E-state index contributed by atoms with van der Waals surface area (Å²) in [6.45, 7) is 0. The van der Waals surface area contributed by atoms with Crippen LogP contribution in [0, 0.1) is 0 Å². The van der Waals surface area contributed by atoms with Crippen molar-refractivity contribution in [1.29, 1.82) is 0 Å². The zero-order valence-corrected chi connectivity index (χ0v) is 10.4. The number of halogens is 3. The lowest BCUT2D eigenvalue weighted by Crippen LogP contribution is -2.28. The average molecular weight is 274 g/mol. The van der Waals surface area contributed by atoms with Crippen LogP contribution < -0.4 is 0 Å². The first-order valence-electron chi connectivity index (χ1n) is 5.78. The van der Waals surface area contributed by atoms with E-state index in [0.29, 0.717) is 6.42 Å². The van der Waals surface area contributed by atoms with Gasteiger partial charge >= 0.3 is 5.51 Å². The van der Waals surface area contributed by atoms with Crippen LogP contribution in [0.2, 0.25) is 0 Å². The minimum atomic E-state index is -4.33. The fourth-order valence-corrected chi connectivity index (χ4v) is 3.19. The summed E-state index contributed by atoms with van der Waals surface area (Å²) in [5.41, 5.74) is -3.31. The van der Waals surface area contributed by atoms with Gasteiger partial charge in [0.25, 0.3) is 0 Å². The number of benzene rings is 1. The van der Waals surface area contributed by atoms with Gasteiger partial charge in [0.05, 0.1) is 5.25 Å². The minimum Gasteiger partial charge on any atom is -0.298 e. The maximum absolute atomic E-state index is 12.4. The molecule has 1 aromatic carbocycles. The van der Waals surface area contributed by atoms with Crippen molar-refractivity contribution < 1.29 is 18.0 Å². The quantitative estimate of drug-likeness (QED) is 0.806. The number of hydrogen-bond donors (Lipinski definition) is 0. The lowest BCUT2D eigenvalue weighted by molar-refractivity contribution is -0.120. The number of alkyl halides is 3. The van der Waals surface area contributed by atoms with E-state index in [1.54, 1.807) is 0 Å². The molecule has 98 valence electrons. The number of hydrogen-bond acceptors (Lipinski definition) is 2. The van der Waals surface area contributed by atoms with Crippen LogP contribution in [0.3, 0.4) is 0 Å². The molecule has 0 N–H and O–H groups in total. The lowest BCUT2D eigenvalue weighted by atomic mass is 9.83. The van der Waals surface area contributed by atoms with Gasteiger partial charge in [0.1, 0.15) is 5.78 Å². The second-order valence-corrected chi connectivity index (χ2v) is 5.67. The monoisotopic (exact) mass is 274 g/mol. The molecule has 1 aliphatic carbocycles. The molecule has 1 aliphatic rings. The van der Waals surface area contributed by atoms with Crippen LogP contribution >= 0.6 is 11.8 Å². The van der Waals surface area contributed by atoms with E-state index in [2.05, 4.69) is 0 Å². The molecule has 0 saturated heterocycles. The molecule has 2 rings (SSSR count). The molecule has 0 amide bonds. The smallest absolute Gasteiger partial charge is 0.298 e. The Morgan fingerprint density at radius 1 is 1.17 bits per heavy atom. The normalized spacial score (nSPS) is 25.2. The van der Waals surface area contributed by atoms with Crippen LogP contribution in [0.25, 0.3) is 0 Å². The zero-order valence-electron chi connectivity index (χ0n) is 9.61. The predicted octanol–water partition coefficient (Wildman–Crippen LogP) is 4.14. The fourth-order valence-electron chi connectivity index (χ4n) is 2.29. The number of carbonyl (C=O) groups is 1. The minimum absolute atomic E-state index is 0.0590. The van der Waals surface area contributed by atoms with Gasteiger partial charge in [0.2, 0.25) is 0 Å². The summed E-state index contributed by atoms with van der Waals surface area (Å²) < 4.78 is 37.1. The molecule has 2 atom stereocenters. The number of ketones is 1. The molecule has 18 heavy (non-hydrogen) atoms. The highest BCUT2D eigenvalue weighted by atomic mass is 32.2. The average Bonchev–Trinajstić information content (AvgIpc) is 2.31. The summed E-state index contributed by atoms with van der Waals surface area (Å²) in [6, 6.07) is 9.44. The van der Waals surface area contributed by atoms with Crippen LogP contribution in [0.4, 0.5) is 13.2 Å². The van der Waals surface area contributed by atoms with E-state index in [-0.39, 0.29) is 36.3 Å². The highest BCUT2D eigenvalue weighted by Gasteiger charge is 2.39. The zero-order chi connectivity index (χ0) is 13.2. The molecular weight excluding hydrogens is 261 g/mol. The maximum Gasteiger partial charge on any atom is 0.442 e. The van der Waals surface area contributed by atoms with Crippen molar-refractivity contribution in [3.8, 4) is 0 Å². The SMILES string of the molecule is O=C1CC[C@@H](c2ccccc2)C[C@@H]1SC(F)(F)F. The van der Waals surface area contributed by atoms with Crippen LogP contribution in [-0.2, 0) is 4.79 Å². The summed E-state index contributed by atoms with van der Waals surface area (Å²) in [5, 5.41) is -0.941. The fraction of sp³-hybridized carbons (Fsp3) is 0.462. The molecule has 5 heteroatoms. The van der Waals surface area contributed by atoms with Crippen molar-refractivity contribution in [3.05, 3.63) is 35.9 Å². The van der Waals surface area contributed by atoms with Gasteiger partial charge in [-0.1, -0.05) is 30.3 Å². The largest absolute Gasteiger partial charge is 0.442 e. The Balaban J connectivity index is 2.07. The van der Waals surface area contributed by atoms with Crippen LogP contribution in [0.5, 0.6) is 0 Å². The Hall–Kier alpha value is -0.970. The van der Waals surface area contributed by atoms with E-state index in [9.17, 15) is 18.0 Å². The van der Waals surface area contributed by atoms with Gasteiger partial charge in [0, 0.05) is 6.42 Å². The van der Waals surface area contributed by atoms with Crippen LogP contribution in [-0.4, -0.2) is 16.5 Å². The van der Waals surface area contributed by atoms with Crippen LogP contribution in [0.15, 0.2) is 30.3 Å². The van der Waals surface area contributed by atoms with E-state index < -0.39 is 10.8 Å². The van der Waals surface area contributed by atoms with Crippen LogP contribution in [0.1, 0.15) is 30.7 Å². The third kappa shape index (κ3) is 3.51. The van der Waals surface area contributed by atoms with Gasteiger partial charge in [-0.3, -0.25) is 4.79 Å².